The van der Waals surface area contributed by atoms with Gasteiger partial charge in [0, 0.05) is 49.1 Å². The molecule has 0 aromatic heterocycles. The third kappa shape index (κ3) is 8.21. The summed E-state index contributed by atoms with van der Waals surface area (Å²) in [5, 5.41) is 9.66. The average molecular weight is 587 g/mol. The number of aliphatic hydroxyl groups is 1. The van der Waals surface area contributed by atoms with Crippen molar-refractivity contribution in [3.05, 3.63) is 35.9 Å². The number of rotatable bonds is 14. The molecule has 0 saturated carbocycles. The van der Waals surface area contributed by atoms with E-state index in [0.29, 0.717) is 0 Å². The van der Waals surface area contributed by atoms with Gasteiger partial charge in [-0.15, -0.1) is 0 Å². The summed E-state index contributed by atoms with van der Waals surface area (Å²) in [6.07, 6.45) is -8.56. The van der Waals surface area contributed by atoms with Crippen LogP contribution in [-0.2, 0) is 63.6 Å². The number of carbonyl (C=O) groups is 2. The Balaban J connectivity index is 1.92. The molecule has 2 heterocycles. The maximum Gasteiger partial charge on any atom is 0.338 e. The predicted octanol–water partition coefficient (Wildman–Crippen LogP) is 0.628. The molecule has 232 valence electrons. The van der Waals surface area contributed by atoms with Crippen molar-refractivity contribution in [3.63, 3.8) is 0 Å². The molecule has 41 heavy (non-hydrogen) atoms. The van der Waals surface area contributed by atoms with E-state index in [0.717, 1.165) is 5.56 Å². The van der Waals surface area contributed by atoms with Gasteiger partial charge in [-0.05, 0) is 12.0 Å². The van der Waals surface area contributed by atoms with Gasteiger partial charge in [-0.2, -0.15) is 0 Å². The van der Waals surface area contributed by atoms with Gasteiger partial charge in [-0.1, -0.05) is 30.3 Å². The normalized spacial score (nSPS) is 33.7. The van der Waals surface area contributed by atoms with Crippen LogP contribution in [0.5, 0.6) is 0 Å². The van der Waals surface area contributed by atoms with Crippen LogP contribution in [0, 0.1) is 0 Å². The first kappa shape index (κ1) is 33.3. The highest BCUT2D eigenvalue weighted by molar-refractivity contribution is 5.76. The molecule has 2 saturated heterocycles. The maximum atomic E-state index is 13.5. The van der Waals surface area contributed by atoms with Crippen molar-refractivity contribution in [2.24, 2.45) is 0 Å². The van der Waals surface area contributed by atoms with Gasteiger partial charge >= 0.3 is 11.9 Å². The first-order chi connectivity index (χ1) is 19.8. The second-order valence-corrected chi connectivity index (χ2v) is 9.65. The van der Waals surface area contributed by atoms with Crippen molar-refractivity contribution < 1.29 is 62.1 Å². The lowest BCUT2D eigenvalue weighted by Gasteiger charge is -2.49. The van der Waals surface area contributed by atoms with E-state index in [1.165, 1.54) is 42.5 Å². The van der Waals surface area contributed by atoms with Crippen LogP contribution in [0.25, 0.3) is 0 Å². The van der Waals surface area contributed by atoms with E-state index < -0.39 is 73.2 Å². The van der Waals surface area contributed by atoms with Gasteiger partial charge in [0.05, 0.1) is 6.10 Å². The summed E-state index contributed by atoms with van der Waals surface area (Å²) in [7, 11) is 7.36. The summed E-state index contributed by atoms with van der Waals surface area (Å²) < 4.78 is 58.1. The Hall–Kier alpha value is -2.20. The molecule has 0 radical (unpaired) electrons. The summed E-state index contributed by atoms with van der Waals surface area (Å²) in [4.78, 5) is 25.0. The Morgan fingerprint density at radius 1 is 0.756 bits per heavy atom. The first-order valence-corrected chi connectivity index (χ1v) is 13.4. The van der Waals surface area contributed by atoms with Crippen LogP contribution in [0.4, 0.5) is 0 Å². The quantitative estimate of drug-likeness (QED) is 0.304. The number of esters is 2. The molecule has 1 aromatic carbocycles. The molecule has 0 spiro atoms. The Morgan fingerprint density at radius 2 is 1.34 bits per heavy atom. The molecule has 2 fully saturated rings. The Kier molecular flexibility index (Phi) is 13.4. The highest BCUT2D eigenvalue weighted by Gasteiger charge is 2.55. The van der Waals surface area contributed by atoms with Crippen molar-refractivity contribution in [2.75, 3.05) is 48.8 Å². The fourth-order valence-electron chi connectivity index (χ4n) is 5.25. The van der Waals surface area contributed by atoms with Gasteiger partial charge in [0.1, 0.15) is 55.9 Å². The van der Waals surface area contributed by atoms with E-state index in [9.17, 15) is 14.7 Å². The molecule has 13 nitrogen and oxygen atoms in total. The summed E-state index contributed by atoms with van der Waals surface area (Å²) in [5.41, 5.74) is 0.788. The molecule has 1 aromatic rings. The van der Waals surface area contributed by atoms with Gasteiger partial charge < -0.3 is 52.5 Å². The van der Waals surface area contributed by atoms with Crippen molar-refractivity contribution >= 4 is 11.9 Å². The van der Waals surface area contributed by atoms with Crippen LogP contribution >= 0.6 is 0 Å². The van der Waals surface area contributed by atoms with Gasteiger partial charge in [-0.25, -0.2) is 4.79 Å². The molecule has 0 aliphatic carbocycles. The largest absolute Gasteiger partial charge is 0.463 e. The zero-order valence-corrected chi connectivity index (χ0v) is 24.3. The summed E-state index contributed by atoms with van der Waals surface area (Å²) in [6.45, 7) is 0.948. The smallest absolute Gasteiger partial charge is 0.338 e. The summed E-state index contributed by atoms with van der Waals surface area (Å²) in [6, 6.07) is 9.20. The zero-order valence-electron chi connectivity index (χ0n) is 24.3. The monoisotopic (exact) mass is 586 g/mol. The molecule has 10 atom stereocenters. The molecule has 2 aliphatic heterocycles. The minimum Gasteiger partial charge on any atom is -0.463 e. The molecular formula is C28H42O13. The molecule has 2 aliphatic rings. The van der Waals surface area contributed by atoms with Crippen LogP contribution in [0.2, 0.25) is 0 Å². The van der Waals surface area contributed by atoms with Crippen LogP contribution in [0.1, 0.15) is 18.9 Å². The van der Waals surface area contributed by atoms with Crippen LogP contribution < -0.4 is 0 Å². The maximum absolute atomic E-state index is 13.5. The molecule has 3 rings (SSSR count). The number of ether oxygens (including phenoxy) is 10. The van der Waals surface area contributed by atoms with E-state index in [1.807, 2.05) is 30.3 Å². The number of hydrogen-bond donors (Lipinski definition) is 1. The predicted molar refractivity (Wildman–Crippen MR) is 141 cm³/mol. The van der Waals surface area contributed by atoms with E-state index >= 15 is 0 Å². The van der Waals surface area contributed by atoms with Crippen molar-refractivity contribution in [3.8, 4) is 0 Å². The Morgan fingerprint density at radius 3 is 1.90 bits per heavy atom. The van der Waals surface area contributed by atoms with Gasteiger partial charge in [0.15, 0.2) is 12.4 Å². The number of benzene rings is 1. The lowest BCUT2D eigenvalue weighted by atomic mass is 9.92. The van der Waals surface area contributed by atoms with Gasteiger partial charge in [0.25, 0.3) is 0 Å². The zero-order chi connectivity index (χ0) is 29.9. The van der Waals surface area contributed by atoms with E-state index in [2.05, 4.69) is 0 Å². The third-order valence-corrected chi connectivity index (χ3v) is 7.20. The second-order valence-electron chi connectivity index (χ2n) is 9.65. The SMILES string of the molecule is COC1C(OC)[C@H](OC)C(COC(C)=O)O[C@H]1O[C@H]1C(C(=O)OCc2ccccc2)O[C@@H](CCO)C(OC)C1OC. The lowest BCUT2D eigenvalue weighted by molar-refractivity contribution is -0.348. The van der Waals surface area contributed by atoms with Crippen LogP contribution in [-0.4, -0.2) is 127 Å². The number of methoxy groups -OCH3 is 5. The molecule has 1 N–H and O–H groups in total. The Labute approximate surface area is 240 Å². The minimum atomic E-state index is -1.28. The fourth-order valence-corrected chi connectivity index (χ4v) is 5.25. The molecule has 0 amide bonds. The second kappa shape index (κ2) is 16.4. The topological polar surface area (TPSA) is 147 Å². The number of hydrogen-bond acceptors (Lipinski definition) is 13. The van der Waals surface area contributed by atoms with Crippen molar-refractivity contribution in [1.82, 2.24) is 0 Å². The molecule has 0 bridgehead atoms. The molecule has 6 unspecified atom stereocenters. The standard InChI is InChI=1S/C28H42O13/c1-16(30)37-15-19-21(33-3)23(35-5)26(36-6)28(40-19)41-24-22(34-4)20(32-2)18(12-13-29)39-25(24)27(31)38-14-17-10-8-7-9-11-17/h7-11,18-26,28-29H,12-15H2,1-6H3/t18-,19?,20?,21+,22?,23?,24+,25?,26?,28-/m0/s1. The van der Waals surface area contributed by atoms with Crippen LogP contribution in [0.3, 0.4) is 0 Å². The van der Waals surface area contributed by atoms with Crippen LogP contribution in [0.15, 0.2) is 30.3 Å². The van der Waals surface area contributed by atoms with Crippen molar-refractivity contribution in [2.45, 2.75) is 81.2 Å². The summed E-state index contributed by atoms with van der Waals surface area (Å²) >= 11 is 0. The molecular weight excluding hydrogens is 544 g/mol. The Bertz CT molecular complexity index is 931. The van der Waals surface area contributed by atoms with E-state index in [-0.39, 0.29) is 26.2 Å². The minimum absolute atomic E-state index is 0.00856. The first-order valence-electron chi connectivity index (χ1n) is 13.4. The fraction of sp³-hybridized carbons (Fsp3) is 0.714. The van der Waals surface area contributed by atoms with E-state index in [4.69, 9.17) is 47.4 Å². The summed E-state index contributed by atoms with van der Waals surface area (Å²) in [5.74, 6) is -1.19. The molecule has 13 heteroatoms. The number of carbonyl (C=O) groups excluding carboxylic acids is 2. The highest BCUT2D eigenvalue weighted by atomic mass is 16.7. The number of aliphatic hydroxyl groups excluding tert-OH is 1. The van der Waals surface area contributed by atoms with Gasteiger partial charge in [-0.3, -0.25) is 4.79 Å². The lowest BCUT2D eigenvalue weighted by Crippen LogP contribution is -2.66. The van der Waals surface area contributed by atoms with E-state index in [1.54, 1.807) is 0 Å². The third-order valence-electron chi connectivity index (χ3n) is 7.20. The highest BCUT2D eigenvalue weighted by Crippen LogP contribution is 2.34. The average Bonchev–Trinajstić information content (AvgIpc) is 2.98. The van der Waals surface area contributed by atoms with Gasteiger partial charge in [0.2, 0.25) is 0 Å². The van der Waals surface area contributed by atoms with Crippen molar-refractivity contribution in [1.29, 1.82) is 0 Å².